The highest BCUT2D eigenvalue weighted by atomic mass is 16.5. The van der Waals surface area contributed by atoms with E-state index in [1.54, 1.807) is 12.0 Å². The number of carbonyl (C=O) groups excluding carboxylic acids is 2. The monoisotopic (exact) mass is 516 g/mol. The molecule has 1 aliphatic heterocycles. The van der Waals surface area contributed by atoms with E-state index in [2.05, 4.69) is 5.32 Å². The van der Waals surface area contributed by atoms with Crippen LogP contribution in [-0.4, -0.2) is 108 Å². The van der Waals surface area contributed by atoms with Gasteiger partial charge < -0.3 is 40.1 Å². The Bertz CT molecular complexity index is 649. The Hall–Kier alpha value is -1.30. The lowest BCUT2D eigenvalue weighted by molar-refractivity contribution is -0.144. The number of methoxy groups -OCH3 is 1. The molecule has 7 atom stereocenters. The van der Waals surface area contributed by atoms with E-state index in [1.807, 2.05) is 6.92 Å². The van der Waals surface area contributed by atoms with E-state index in [9.17, 15) is 30.0 Å². The van der Waals surface area contributed by atoms with Gasteiger partial charge in [-0.15, -0.1) is 0 Å². The Morgan fingerprint density at radius 2 is 1.67 bits per heavy atom. The minimum atomic E-state index is -0.912. The van der Waals surface area contributed by atoms with Gasteiger partial charge >= 0.3 is 0 Å². The molecule has 0 aromatic rings. The van der Waals surface area contributed by atoms with Crippen LogP contribution in [0.2, 0.25) is 0 Å². The normalized spacial score (nSPS) is 30.5. The molecular weight excluding hydrogens is 468 g/mol. The fourth-order valence-corrected chi connectivity index (χ4v) is 5.22. The van der Waals surface area contributed by atoms with Crippen LogP contribution in [0.4, 0.5) is 0 Å². The quantitative estimate of drug-likeness (QED) is 0.187. The van der Waals surface area contributed by atoms with Gasteiger partial charge in [0.1, 0.15) is 0 Å². The molecule has 1 saturated heterocycles. The number of nitrogens with zero attached hydrogens (tertiary/aromatic N) is 1. The summed E-state index contributed by atoms with van der Waals surface area (Å²) in [5.41, 5.74) is 0. The molecule has 10 heteroatoms. The largest absolute Gasteiger partial charge is 0.396 e. The number of aliphatic hydroxyl groups excluding tert-OH is 4. The van der Waals surface area contributed by atoms with E-state index in [0.29, 0.717) is 45.4 Å². The first-order valence-electron chi connectivity index (χ1n) is 13.6. The zero-order valence-corrected chi connectivity index (χ0v) is 22.0. The van der Waals surface area contributed by atoms with Crippen molar-refractivity contribution in [3.05, 3.63) is 0 Å². The smallest absolute Gasteiger partial charge is 0.222 e. The predicted molar refractivity (Wildman–Crippen MR) is 134 cm³/mol. The number of hydrogen-bond donors (Lipinski definition) is 5. The number of ether oxygens (including phenoxy) is 2. The van der Waals surface area contributed by atoms with Crippen molar-refractivity contribution in [2.45, 2.75) is 102 Å². The summed E-state index contributed by atoms with van der Waals surface area (Å²) in [5, 5.41) is 41.9. The van der Waals surface area contributed by atoms with Gasteiger partial charge in [0.15, 0.2) is 0 Å². The summed E-state index contributed by atoms with van der Waals surface area (Å²) in [7, 11) is 1.63. The average molecular weight is 517 g/mol. The van der Waals surface area contributed by atoms with Gasteiger partial charge in [0.2, 0.25) is 11.8 Å². The van der Waals surface area contributed by atoms with Crippen molar-refractivity contribution in [2.75, 3.05) is 40.0 Å². The van der Waals surface area contributed by atoms with Crippen LogP contribution in [0.5, 0.6) is 0 Å². The number of unbranched alkanes of at least 4 members (excludes halogenated alkanes) is 4. The van der Waals surface area contributed by atoms with Crippen molar-refractivity contribution in [2.24, 2.45) is 11.8 Å². The van der Waals surface area contributed by atoms with E-state index in [4.69, 9.17) is 9.47 Å². The molecule has 2 aliphatic rings. The van der Waals surface area contributed by atoms with Crippen LogP contribution in [0.1, 0.15) is 71.1 Å². The summed E-state index contributed by atoms with van der Waals surface area (Å²) in [5.74, 6) is -0.462. The zero-order chi connectivity index (χ0) is 26.5. The minimum Gasteiger partial charge on any atom is -0.396 e. The van der Waals surface area contributed by atoms with Crippen molar-refractivity contribution in [3.8, 4) is 0 Å². The second-order valence-electron chi connectivity index (χ2n) is 10.4. The van der Waals surface area contributed by atoms with Crippen LogP contribution in [0.3, 0.4) is 0 Å². The molecule has 2 amide bonds. The standard InChI is InChI=1S/C26H48N2O8/c1-18-22(13-19(16-29)26(34)25(18)33)36-12-8-4-5-9-23(31)27-11-7-3-6-10-24(32)28-15-21(35-2)14-20(28)17-30/h18-22,25-26,29-30,33-34H,3-17H2,1-2H3,(H,27,31)/t18?,19?,20-,21+,22+,25+,26-/m0/s1. The molecule has 210 valence electrons. The Labute approximate surface area is 215 Å². The first-order valence-corrected chi connectivity index (χ1v) is 13.6. The van der Waals surface area contributed by atoms with E-state index >= 15 is 0 Å². The maximum Gasteiger partial charge on any atom is 0.222 e. The van der Waals surface area contributed by atoms with Gasteiger partial charge in [-0.05, 0) is 38.5 Å². The minimum absolute atomic E-state index is 0.00179. The van der Waals surface area contributed by atoms with Crippen LogP contribution in [0, 0.1) is 11.8 Å². The Kier molecular flexibility index (Phi) is 14.2. The molecule has 1 heterocycles. The molecule has 0 radical (unpaired) electrons. The summed E-state index contributed by atoms with van der Waals surface area (Å²) in [6.45, 7) is 3.32. The van der Waals surface area contributed by atoms with Gasteiger partial charge in [-0.1, -0.05) is 19.8 Å². The molecule has 5 N–H and O–H groups in total. The van der Waals surface area contributed by atoms with Gasteiger partial charge in [-0.3, -0.25) is 9.59 Å². The van der Waals surface area contributed by atoms with Gasteiger partial charge in [-0.2, -0.15) is 0 Å². The molecule has 10 nitrogen and oxygen atoms in total. The van der Waals surface area contributed by atoms with Gasteiger partial charge in [0, 0.05) is 58.1 Å². The SMILES string of the molecule is CO[C@@H]1C[C@@H](CO)N(C(=O)CCCCCNC(=O)CCCCCO[C@@H]2CC(CO)[C@H](O)[C@H](O)C2C)C1. The topological polar surface area (TPSA) is 149 Å². The molecule has 36 heavy (non-hydrogen) atoms. The lowest BCUT2D eigenvalue weighted by atomic mass is 9.77. The number of rotatable bonds is 16. The fourth-order valence-electron chi connectivity index (χ4n) is 5.22. The summed E-state index contributed by atoms with van der Waals surface area (Å²) in [6.07, 6.45) is 5.02. The lowest BCUT2D eigenvalue weighted by Gasteiger charge is -2.40. The first-order chi connectivity index (χ1) is 17.3. The molecule has 0 aromatic heterocycles. The van der Waals surface area contributed by atoms with E-state index < -0.39 is 12.2 Å². The maximum atomic E-state index is 12.4. The summed E-state index contributed by atoms with van der Waals surface area (Å²) < 4.78 is 11.2. The molecule has 1 aliphatic carbocycles. The number of likely N-dealkylation sites (tertiary alicyclic amines) is 1. The third kappa shape index (κ3) is 9.54. The van der Waals surface area contributed by atoms with Crippen LogP contribution in [-0.2, 0) is 19.1 Å². The Balaban J connectivity index is 1.45. The molecule has 1 saturated carbocycles. The van der Waals surface area contributed by atoms with Crippen molar-refractivity contribution in [1.82, 2.24) is 10.2 Å². The van der Waals surface area contributed by atoms with E-state index in [1.165, 1.54) is 0 Å². The summed E-state index contributed by atoms with van der Waals surface area (Å²) >= 11 is 0. The fraction of sp³-hybridized carbons (Fsp3) is 0.923. The maximum absolute atomic E-state index is 12.4. The predicted octanol–water partition coefficient (Wildman–Crippen LogP) is 0.587. The molecule has 2 rings (SSSR count). The lowest BCUT2D eigenvalue weighted by Crippen LogP contribution is -2.50. The molecule has 0 aromatic carbocycles. The molecule has 2 fully saturated rings. The van der Waals surface area contributed by atoms with Gasteiger partial charge in [0.25, 0.3) is 0 Å². The second kappa shape index (κ2) is 16.5. The number of aliphatic hydroxyl groups is 4. The highest BCUT2D eigenvalue weighted by Crippen LogP contribution is 2.31. The zero-order valence-electron chi connectivity index (χ0n) is 22.0. The molecule has 2 unspecified atom stereocenters. The number of amides is 2. The first kappa shape index (κ1) is 30.9. The van der Waals surface area contributed by atoms with Crippen molar-refractivity contribution in [3.63, 3.8) is 0 Å². The van der Waals surface area contributed by atoms with Gasteiger partial charge in [0.05, 0.1) is 37.1 Å². The molecule has 0 bridgehead atoms. The van der Waals surface area contributed by atoms with Crippen LogP contribution >= 0.6 is 0 Å². The molecule has 0 spiro atoms. The number of carbonyl (C=O) groups is 2. The Morgan fingerprint density at radius 3 is 2.36 bits per heavy atom. The van der Waals surface area contributed by atoms with Crippen molar-refractivity contribution in [1.29, 1.82) is 0 Å². The van der Waals surface area contributed by atoms with E-state index in [0.717, 1.165) is 38.5 Å². The van der Waals surface area contributed by atoms with E-state index in [-0.39, 0.29) is 55.1 Å². The van der Waals surface area contributed by atoms with Crippen LogP contribution < -0.4 is 5.32 Å². The summed E-state index contributed by atoms with van der Waals surface area (Å²) in [6, 6.07) is -0.148. The third-order valence-electron chi connectivity index (χ3n) is 7.74. The highest BCUT2D eigenvalue weighted by Gasteiger charge is 2.41. The third-order valence-corrected chi connectivity index (χ3v) is 7.74. The van der Waals surface area contributed by atoms with Crippen LogP contribution in [0.25, 0.3) is 0 Å². The van der Waals surface area contributed by atoms with Crippen molar-refractivity contribution < 1.29 is 39.5 Å². The Morgan fingerprint density at radius 1 is 0.944 bits per heavy atom. The number of nitrogens with one attached hydrogen (secondary N) is 1. The van der Waals surface area contributed by atoms with Crippen LogP contribution in [0.15, 0.2) is 0 Å². The number of hydrogen-bond acceptors (Lipinski definition) is 8. The highest BCUT2D eigenvalue weighted by molar-refractivity contribution is 5.77. The van der Waals surface area contributed by atoms with Crippen molar-refractivity contribution >= 4 is 11.8 Å². The molecular formula is C26H48N2O8. The summed E-state index contributed by atoms with van der Waals surface area (Å²) in [4.78, 5) is 26.2. The second-order valence-corrected chi connectivity index (χ2v) is 10.4. The average Bonchev–Trinajstić information content (AvgIpc) is 3.31. The van der Waals surface area contributed by atoms with Gasteiger partial charge in [-0.25, -0.2) is 0 Å².